The summed E-state index contributed by atoms with van der Waals surface area (Å²) < 4.78 is 4.95. The second-order valence-electron chi connectivity index (χ2n) is 20.0. The van der Waals surface area contributed by atoms with E-state index in [-0.39, 0.29) is 0 Å². The van der Waals surface area contributed by atoms with Gasteiger partial charge in [0.1, 0.15) is 0 Å². The van der Waals surface area contributed by atoms with E-state index in [2.05, 4.69) is 282 Å². The van der Waals surface area contributed by atoms with Crippen LogP contribution >= 0.6 is 0 Å². The van der Waals surface area contributed by atoms with Gasteiger partial charge in [0.15, 0.2) is 5.82 Å². The van der Waals surface area contributed by atoms with Gasteiger partial charge in [0.2, 0.25) is 0 Å². The highest BCUT2D eigenvalue weighted by atomic mass is 15.0. The molecule has 12 aromatic carbocycles. The Labute approximate surface area is 452 Å². The van der Waals surface area contributed by atoms with Crippen molar-refractivity contribution in [2.24, 2.45) is 0 Å². The Bertz CT molecular complexity index is 4680. The summed E-state index contributed by atoms with van der Waals surface area (Å²) in [5.41, 5.74) is 22.1. The largest absolute Gasteiger partial charge is 0.309 e. The number of nitrogens with zero attached hydrogens (tertiary/aromatic N) is 4. The van der Waals surface area contributed by atoms with Crippen molar-refractivity contribution in [3.63, 3.8) is 0 Å². The average molecular weight is 993 g/mol. The van der Waals surface area contributed by atoms with Crippen molar-refractivity contribution in [3.8, 4) is 89.7 Å². The van der Waals surface area contributed by atoms with Crippen LogP contribution in [0, 0.1) is 0 Å². The zero-order valence-corrected chi connectivity index (χ0v) is 42.5. The highest BCUT2D eigenvalue weighted by Crippen LogP contribution is 2.55. The zero-order chi connectivity index (χ0) is 51.5. The third-order valence-corrected chi connectivity index (χ3v) is 15.5. The molecule has 3 aromatic heterocycles. The summed E-state index contributed by atoms with van der Waals surface area (Å²) in [4.78, 5) is 10.4. The van der Waals surface area contributed by atoms with Gasteiger partial charge in [-0.25, -0.2) is 9.97 Å². The first-order chi connectivity index (χ1) is 38.7. The van der Waals surface area contributed by atoms with E-state index >= 15 is 0 Å². The van der Waals surface area contributed by atoms with Crippen LogP contribution in [0.15, 0.2) is 291 Å². The molecule has 0 unspecified atom stereocenters. The van der Waals surface area contributed by atoms with Crippen LogP contribution in [0.3, 0.4) is 0 Å². The molecule has 15 rings (SSSR count). The van der Waals surface area contributed by atoms with Crippen molar-refractivity contribution in [3.05, 3.63) is 291 Å². The number of para-hydroxylation sites is 3. The summed E-state index contributed by atoms with van der Waals surface area (Å²) in [7, 11) is 0. The van der Waals surface area contributed by atoms with E-state index in [1.165, 1.54) is 54.8 Å². The number of aromatic nitrogens is 4. The third-order valence-electron chi connectivity index (χ3n) is 15.5. The Morgan fingerprint density at radius 1 is 0.256 bits per heavy atom. The Morgan fingerprint density at radius 2 is 0.679 bits per heavy atom. The molecule has 0 aliphatic heterocycles. The van der Waals surface area contributed by atoms with Gasteiger partial charge in [0.05, 0.1) is 33.3 Å². The molecule has 0 aliphatic carbocycles. The predicted octanol–water partition coefficient (Wildman–Crippen LogP) is 19.5. The number of hydrogen-bond donors (Lipinski definition) is 0. The van der Waals surface area contributed by atoms with Crippen LogP contribution in [-0.4, -0.2) is 19.1 Å². The van der Waals surface area contributed by atoms with Crippen LogP contribution in [0.5, 0.6) is 0 Å². The van der Waals surface area contributed by atoms with E-state index in [1.807, 2.05) is 18.2 Å². The van der Waals surface area contributed by atoms with Crippen LogP contribution in [0.2, 0.25) is 0 Å². The molecule has 78 heavy (non-hydrogen) atoms. The summed E-state index contributed by atoms with van der Waals surface area (Å²) in [6, 6.07) is 105. The van der Waals surface area contributed by atoms with Crippen LogP contribution in [0.25, 0.3) is 144 Å². The molecular formula is C74H48N4. The zero-order valence-electron chi connectivity index (χ0n) is 42.5. The topological polar surface area (TPSA) is 35.6 Å². The van der Waals surface area contributed by atoms with Gasteiger partial charge < -0.3 is 9.13 Å². The first-order valence-electron chi connectivity index (χ1n) is 26.7. The van der Waals surface area contributed by atoms with Crippen LogP contribution in [0.1, 0.15) is 0 Å². The molecule has 364 valence electrons. The molecule has 15 aromatic rings. The second kappa shape index (κ2) is 18.7. The standard InChI is InChI=1S/C74H48N4/c1-6-24-49(25-7-1)66-67(50-26-8-2-9-27-50)69(52-30-12-4-13-31-52)73-71(68(66)51-28-10-3-11-29-51)70-58(54-34-22-35-55(48-54)72-61-38-16-19-40-62(61)75-74(76-72)53-32-14-5-15-33-53)39-23-43-65(70)78(73)57-46-44-56(45-47-57)77-63-41-20-17-36-59(63)60-37-18-21-42-64(60)77/h1-48H. The molecule has 4 nitrogen and oxygen atoms in total. The SMILES string of the molecule is c1ccc(-c2nc(-c3cccc(-c4cccc5c4c4c(-c6ccccc6)c(-c6ccccc6)c(-c6ccccc6)c(-c6ccccc6)c4n5-c4ccc(-n5c6ccccc6c6ccccc65)cc4)c3)c3ccccc3n2)cc1. The molecule has 0 N–H and O–H groups in total. The fourth-order valence-electron chi connectivity index (χ4n) is 12.2. The molecule has 0 aliphatic rings. The average Bonchev–Trinajstić information content (AvgIpc) is 4.26. The lowest BCUT2D eigenvalue weighted by atomic mass is 9.79. The van der Waals surface area contributed by atoms with E-state index in [1.54, 1.807) is 0 Å². The van der Waals surface area contributed by atoms with Gasteiger partial charge in [-0.3, -0.25) is 0 Å². The maximum atomic E-state index is 5.36. The summed E-state index contributed by atoms with van der Waals surface area (Å²) >= 11 is 0. The minimum atomic E-state index is 0.702. The van der Waals surface area contributed by atoms with Gasteiger partial charge in [-0.2, -0.15) is 0 Å². The normalized spacial score (nSPS) is 11.6. The molecule has 0 atom stereocenters. The summed E-state index contributed by atoms with van der Waals surface area (Å²) in [6.07, 6.45) is 0. The van der Waals surface area contributed by atoms with Crippen LogP contribution in [0.4, 0.5) is 0 Å². The van der Waals surface area contributed by atoms with Gasteiger partial charge in [0.25, 0.3) is 0 Å². The molecule has 0 radical (unpaired) electrons. The maximum absolute atomic E-state index is 5.36. The summed E-state index contributed by atoms with van der Waals surface area (Å²) in [6.45, 7) is 0. The number of fused-ring (bicyclic) bond motifs is 7. The quantitative estimate of drug-likeness (QED) is 0.144. The van der Waals surface area contributed by atoms with Crippen molar-refractivity contribution >= 4 is 54.5 Å². The Hall–Kier alpha value is -10.4. The first kappa shape index (κ1) is 45.0. The number of benzene rings is 12. The molecule has 0 bridgehead atoms. The van der Waals surface area contributed by atoms with Crippen molar-refractivity contribution in [1.82, 2.24) is 19.1 Å². The predicted molar refractivity (Wildman–Crippen MR) is 326 cm³/mol. The van der Waals surface area contributed by atoms with Gasteiger partial charge in [-0.1, -0.05) is 237 Å². The molecule has 0 saturated heterocycles. The van der Waals surface area contributed by atoms with Crippen LogP contribution in [-0.2, 0) is 0 Å². The van der Waals surface area contributed by atoms with Crippen LogP contribution < -0.4 is 0 Å². The van der Waals surface area contributed by atoms with Gasteiger partial charge in [0, 0.05) is 66.1 Å². The van der Waals surface area contributed by atoms with Gasteiger partial charge >= 0.3 is 0 Å². The fraction of sp³-hybridized carbons (Fsp3) is 0. The van der Waals surface area contributed by atoms with E-state index in [9.17, 15) is 0 Å². The molecule has 4 heteroatoms. The van der Waals surface area contributed by atoms with Gasteiger partial charge in [-0.05, 0) is 93.5 Å². The Kier molecular flexibility index (Phi) is 10.8. The van der Waals surface area contributed by atoms with Crippen molar-refractivity contribution in [1.29, 1.82) is 0 Å². The molecular weight excluding hydrogens is 945 g/mol. The lowest BCUT2D eigenvalue weighted by molar-refractivity contribution is 1.14. The smallest absolute Gasteiger partial charge is 0.160 e. The third kappa shape index (κ3) is 7.37. The minimum absolute atomic E-state index is 0.702. The lowest BCUT2D eigenvalue weighted by Gasteiger charge is -2.24. The first-order valence-corrected chi connectivity index (χ1v) is 26.7. The van der Waals surface area contributed by atoms with Gasteiger partial charge in [-0.15, -0.1) is 0 Å². The summed E-state index contributed by atoms with van der Waals surface area (Å²) in [5.74, 6) is 0.702. The molecule has 0 amide bonds. The highest BCUT2D eigenvalue weighted by molar-refractivity contribution is 6.29. The maximum Gasteiger partial charge on any atom is 0.160 e. The van der Waals surface area contributed by atoms with Crippen molar-refractivity contribution in [2.75, 3.05) is 0 Å². The van der Waals surface area contributed by atoms with Crippen molar-refractivity contribution in [2.45, 2.75) is 0 Å². The van der Waals surface area contributed by atoms with E-state index in [0.29, 0.717) is 5.82 Å². The molecule has 3 heterocycles. The Morgan fingerprint density at radius 3 is 1.27 bits per heavy atom. The van der Waals surface area contributed by atoms with E-state index in [0.717, 1.165) is 83.5 Å². The molecule has 0 spiro atoms. The number of hydrogen-bond acceptors (Lipinski definition) is 2. The monoisotopic (exact) mass is 992 g/mol. The highest BCUT2D eigenvalue weighted by Gasteiger charge is 2.30. The fourth-order valence-corrected chi connectivity index (χ4v) is 12.2. The van der Waals surface area contributed by atoms with E-state index < -0.39 is 0 Å². The number of rotatable bonds is 9. The second-order valence-corrected chi connectivity index (χ2v) is 20.0. The Balaban J connectivity index is 1.09. The van der Waals surface area contributed by atoms with Crippen molar-refractivity contribution < 1.29 is 0 Å². The molecule has 0 saturated carbocycles. The summed E-state index contributed by atoms with van der Waals surface area (Å²) in [5, 5.41) is 5.84. The van der Waals surface area contributed by atoms with E-state index in [4.69, 9.17) is 9.97 Å². The molecule has 0 fully saturated rings. The minimum Gasteiger partial charge on any atom is -0.309 e. The lowest BCUT2D eigenvalue weighted by Crippen LogP contribution is -2.01.